The molecule has 1 aromatic rings. The number of halogens is 1. The summed E-state index contributed by atoms with van der Waals surface area (Å²) in [4.78, 5) is 12.8. The molecule has 1 aliphatic rings. The number of nitrogens with two attached hydrogens (primary N) is 1. The quantitative estimate of drug-likeness (QED) is 0.694. The number of thiophene rings is 1. The molecule has 1 aliphatic heterocycles. The second kappa shape index (κ2) is 8.98. The number of piperidine rings is 1. The van der Waals surface area contributed by atoms with E-state index in [1.165, 1.54) is 18.9 Å². The number of primary sulfonamides is 1. The molecule has 9 heteroatoms. The third kappa shape index (κ3) is 6.39. The van der Waals surface area contributed by atoms with Crippen LogP contribution in [0.2, 0.25) is 0 Å². The van der Waals surface area contributed by atoms with Crippen molar-refractivity contribution in [3.05, 3.63) is 17.0 Å². The number of carbonyl (C=O) groups is 1. The molecule has 0 aliphatic carbocycles. The van der Waals surface area contributed by atoms with E-state index in [1.807, 2.05) is 0 Å². The van der Waals surface area contributed by atoms with E-state index >= 15 is 0 Å². The number of amides is 1. The molecule has 1 aromatic heterocycles. The van der Waals surface area contributed by atoms with Gasteiger partial charge in [-0.15, -0.1) is 23.7 Å². The molecule has 4 N–H and O–H groups in total. The Kier molecular flexibility index (Phi) is 7.96. The monoisotopic (exact) mass is 381 g/mol. The van der Waals surface area contributed by atoms with E-state index in [1.54, 1.807) is 6.07 Å². The van der Waals surface area contributed by atoms with Crippen molar-refractivity contribution in [1.82, 2.24) is 10.6 Å². The summed E-state index contributed by atoms with van der Waals surface area (Å²) in [5, 5.41) is 11.3. The van der Waals surface area contributed by atoms with Gasteiger partial charge in [-0.25, -0.2) is 13.6 Å². The molecule has 1 amide bonds. The van der Waals surface area contributed by atoms with Crippen molar-refractivity contribution in [2.45, 2.75) is 36.9 Å². The van der Waals surface area contributed by atoms with E-state index in [0.717, 1.165) is 29.3 Å². The van der Waals surface area contributed by atoms with Gasteiger partial charge in [0.15, 0.2) is 0 Å². The molecular formula is C14H24ClN3O3S2. The third-order valence-electron chi connectivity index (χ3n) is 4.02. The maximum absolute atomic E-state index is 12.0. The Morgan fingerprint density at radius 1 is 1.52 bits per heavy atom. The van der Waals surface area contributed by atoms with Crippen LogP contribution in [0.15, 0.2) is 16.3 Å². The lowest BCUT2D eigenvalue weighted by Gasteiger charge is -2.27. The largest absolute Gasteiger partial charge is 0.351 e. The Morgan fingerprint density at radius 2 is 2.26 bits per heavy atom. The van der Waals surface area contributed by atoms with Crippen LogP contribution in [0.1, 0.15) is 31.1 Å². The van der Waals surface area contributed by atoms with Gasteiger partial charge in [0, 0.05) is 11.3 Å². The fourth-order valence-electron chi connectivity index (χ4n) is 2.69. The highest BCUT2D eigenvalue weighted by atomic mass is 35.5. The summed E-state index contributed by atoms with van der Waals surface area (Å²) in [6.07, 6.45) is 2.84. The van der Waals surface area contributed by atoms with Gasteiger partial charge in [0.1, 0.15) is 4.21 Å². The lowest BCUT2D eigenvalue weighted by atomic mass is 9.85. The standard InChI is InChI=1S/C14H23N3O3S2.ClH/c1-10(11-3-2-6-16-8-11)7-13(18)17-9-12-4-5-14(21-12)22(15,19)20;/h4-5,10-11,16H,2-3,6-9H2,1H3,(H,17,18)(H2,15,19,20);1H. The molecular weight excluding hydrogens is 358 g/mol. The predicted octanol–water partition coefficient (Wildman–Crippen LogP) is 1.46. The van der Waals surface area contributed by atoms with Crippen molar-refractivity contribution >= 4 is 39.7 Å². The van der Waals surface area contributed by atoms with Crippen LogP contribution >= 0.6 is 23.7 Å². The number of rotatable bonds is 6. The molecule has 6 nitrogen and oxygen atoms in total. The smallest absolute Gasteiger partial charge is 0.247 e. The minimum absolute atomic E-state index is 0. The van der Waals surface area contributed by atoms with Gasteiger partial charge in [0.2, 0.25) is 15.9 Å². The second-order valence-electron chi connectivity index (χ2n) is 5.83. The van der Waals surface area contributed by atoms with Crippen molar-refractivity contribution in [3.63, 3.8) is 0 Å². The number of hydrogen-bond donors (Lipinski definition) is 3. The first-order valence-electron chi connectivity index (χ1n) is 7.45. The van der Waals surface area contributed by atoms with Crippen molar-refractivity contribution in [2.75, 3.05) is 13.1 Å². The van der Waals surface area contributed by atoms with E-state index < -0.39 is 10.0 Å². The first-order chi connectivity index (χ1) is 10.4. The topological polar surface area (TPSA) is 101 Å². The Balaban J connectivity index is 0.00000264. The molecule has 1 saturated heterocycles. The zero-order valence-corrected chi connectivity index (χ0v) is 15.5. The molecule has 2 rings (SSSR count). The van der Waals surface area contributed by atoms with Crippen molar-refractivity contribution in [3.8, 4) is 0 Å². The minimum Gasteiger partial charge on any atom is -0.351 e. The van der Waals surface area contributed by atoms with Gasteiger partial charge < -0.3 is 10.6 Å². The summed E-state index contributed by atoms with van der Waals surface area (Å²) in [5.41, 5.74) is 0. The summed E-state index contributed by atoms with van der Waals surface area (Å²) in [6.45, 7) is 4.51. The highest BCUT2D eigenvalue weighted by molar-refractivity contribution is 7.91. The van der Waals surface area contributed by atoms with Crippen molar-refractivity contribution in [1.29, 1.82) is 0 Å². The highest BCUT2D eigenvalue weighted by Crippen LogP contribution is 2.23. The Bertz CT molecular complexity index is 613. The van der Waals surface area contributed by atoms with Crippen LogP contribution in [0.5, 0.6) is 0 Å². The van der Waals surface area contributed by atoms with Gasteiger partial charge in [-0.1, -0.05) is 6.92 Å². The predicted molar refractivity (Wildman–Crippen MR) is 94.2 cm³/mol. The molecule has 0 bridgehead atoms. The van der Waals surface area contributed by atoms with Crippen LogP contribution < -0.4 is 15.8 Å². The van der Waals surface area contributed by atoms with Crippen LogP contribution in [0.25, 0.3) is 0 Å². The Morgan fingerprint density at radius 3 is 2.83 bits per heavy atom. The Hall–Kier alpha value is -0.670. The normalized spacial score (nSPS) is 19.7. The maximum Gasteiger partial charge on any atom is 0.247 e. The minimum atomic E-state index is -3.66. The first kappa shape index (κ1) is 20.4. The van der Waals surface area contributed by atoms with Crippen LogP contribution in [0.3, 0.4) is 0 Å². The van der Waals surface area contributed by atoms with E-state index in [9.17, 15) is 13.2 Å². The van der Waals surface area contributed by atoms with Gasteiger partial charge in [0.25, 0.3) is 0 Å². The fraction of sp³-hybridized carbons (Fsp3) is 0.643. The molecule has 132 valence electrons. The van der Waals surface area contributed by atoms with Gasteiger partial charge >= 0.3 is 0 Å². The summed E-state index contributed by atoms with van der Waals surface area (Å²) in [5.74, 6) is 0.898. The number of hydrogen-bond acceptors (Lipinski definition) is 5. The zero-order chi connectivity index (χ0) is 16.2. The van der Waals surface area contributed by atoms with E-state index in [4.69, 9.17) is 5.14 Å². The number of sulfonamides is 1. The average Bonchev–Trinajstić information content (AvgIpc) is 2.95. The molecule has 23 heavy (non-hydrogen) atoms. The zero-order valence-electron chi connectivity index (χ0n) is 13.1. The molecule has 0 spiro atoms. The van der Waals surface area contributed by atoms with E-state index in [-0.39, 0.29) is 22.5 Å². The summed E-state index contributed by atoms with van der Waals surface area (Å²) >= 11 is 1.09. The molecule has 2 heterocycles. The SMILES string of the molecule is CC(CC(=O)NCc1ccc(S(N)(=O)=O)s1)C1CCCNC1.Cl. The summed E-state index contributed by atoms with van der Waals surface area (Å²) < 4.78 is 22.5. The van der Waals surface area contributed by atoms with E-state index in [2.05, 4.69) is 17.6 Å². The molecule has 1 fully saturated rings. The molecule has 2 atom stereocenters. The van der Waals surface area contributed by atoms with E-state index in [0.29, 0.717) is 24.8 Å². The van der Waals surface area contributed by atoms with Crippen molar-refractivity contribution in [2.24, 2.45) is 17.0 Å². The summed E-state index contributed by atoms with van der Waals surface area (Å²) in [7, 11) is -3.66. The first-order valence-corrected chi connectivity index (χ1v) is 9.81. The average molecular weight is 382 g/mol. The second-order valence-corrected chi connectivity index (χ2v) is 8.79. The maximum atomic E-state index is 12.0. The highest BCUT2D eigenvalue weighted by Gasteiger charge is 2.22. The lowest BCUT2D eigenvalue weighted by Crippen LogP contribution is -2.35. The van der Waals surface area contributed by atoms with Crippen LogP contribution in [-0.2, 0) is 21.4 Å². The van der Waals surface area contributed by atoms with Crippen LogP contribution in [0, 0.1) is 11.8 Å². The number of carbonyl (C=O) groups excluding carboxylic acids is 1. The Labute approximate surface area is 147 Å². The molecule has 0 aromatic carbocycles. The van der Waals surface area contributed by atoms with Crippen LogP contribution in [0.4, 0.5) is 0 Å². The van der Waals surface area contributed by atoms with Crippen LogP contribution in [-0.4, -0.2) is 27.4 Å². The molecule has 0 saturated carbocycles. The fourth-order valence-corrected chi connectivity index (χ4v) is 4.41. The molecule has 0 radical (unpaired) electrons. The van der Waals surface area contributed by atoms with Gasteiger partial charge in [-0.05, 0) is 49.9 Å². The molecule has 2 unspecified atom stereocenters. The van der Waals surface area contributed by atoms with Gasteiger partial charge in [0.05, 0.1) is 6.54 Å². The van der Waals surface area contributed by atoms with Gasteiger partial charge in [-0.3, -0.25) is 4.79 Å². The summed E-state index contributed by atoms with van der Waals surface area (Å²) in [6, 6.07) is 3.15. The van der Waals surface area contributed by atoms with Crippen molar-refractivity contribution < 1.29 is 13.2 Å². The number of nitrogens with one attached hydrogen (secondary N) is 2. The van der Waals surface area contributed by atoms with Gasteiger partial charge in [-0.2, -0.15) is 0 Å². The lowest BCUT2D eigenvalue weighted by molar-refractivity contribution is -0.122. The third-order valence-corrected chi connectivity index (χ3v) is 6.55.